The van der Waals surface area contributed by atoms with E-state index in [9.17, 15) is 19.8 Å². The van der Waals surface area contributed by atoms with Gasteiger partial charge < -0.3 is 20.4 Å². The van der Waals surface area contributed by atoms with Crippen molar-refractivity contribution in [2.45, 2.75) is 167 Å². The summed E-state index contributed by atoms with van der Waals surface area (Å²) >= 11 is 0. The van der Waals surface area contributed by atoms with Gasteiger partial charge in [0.15, 0.2) is 5.78 Å². The number of carbonyl (C=O) groups is 2. The number of aliphatic hydroxyl groups excluding tert-OH is 1. The Bertz CT molecular complexity index is 1410. The van der Waals surface area contributed by atoms with Crippen molar-refractivity contribution in [1.29, 1.82) is 0 Å². The van der Waals surface area contributed by atoms with Crippen LogP contribution in [0.15, 0.2) is 29.8 Å². The Morgan fingerprint density at radius 2 is 1.62 bits per heavy atom. The number of rotatable bonds is 7. The zero-order chi connectivity index (χ0) is 35.3. The van der Waals surface area contributed by atoms with Crippen LogP contribution in [-0.2, 0) is 6.42 Å². The first kappa shape index (κ1) is 36.2. The highest BCUT2D eigenvalue weighted by Gasteiger charge is 2.59. The fourth-order valence-electron chi connectivity index (χ4n) is 12.5. The minimum Gasteiger partial charge on any atom is -0.393 e. The number of fused-ring (bicyclic) bond motifs is 8. The summed E-state index contributed by atoms with van der Waals surface area (Å²) in [5.41, 5.74) is 2.76. The number of hydrogen-bond donors (Lipinski definition) is 3. The number of ketones is 1. The molecule has 0 aliphatic heterocycles. The molecule has 0 radical (unpaired) electrons. The third kappa shape index (κ3) is 7.23. The van der Waals surface area contributed by atoms with Gasteiger partial charge in [-0.2, -0.15) is 0 Å². The predicted molar refractivity (Wildman–Crippen MR) is 200 cm³/mol. The molecule has 8 aliphatic carbocycles. The van der Waals surface area contributed by atoms with Gasteiger partial charge in [-0.15, -0.1) is 0 Å². The summed E-state index contributed by atoms with van der Waals surface area (Å²) in [6.07, 6.45) is 20.1. The molecule has 6 bridgehead atoms. The maximum absolute atomic E-state index is 14.5. The van der Waals surface area contributed by atoms with Crippen molar-refractivity contribution in [3.8, 4) is 0 Å². The first-order chi connectivity index (χ1) is 23.9. The smallest absolute Gasteiger partial charge is 0.317 e. The summed E-state index contributed by atoms with van der Waals surface area (Å²) in [6, 6.07) is 6.41. The Morgan fingerprint density at radius 3 is 2.28 bits per heavy atom. The quantitative estimate of drug-likeness (QED) is 0.197. The van der Waals surface area contributed by atoms with Crippen LogP contribution in [0.3, 0.4) is 0 Å². The van der Waals surface area contributed by atoms with Crippen molar-refractivity contribution in [1.82, 2.24) is 10.2 Å². The van der Waals surface area contributed by atoms with Gasteiger partial charge in [-0.05, 0) is 163 Å². The zero-order valence-electron chi connectivity index (χ0n) is 31.7. The second-order valence-corrected chi connectivity index (χ2v) is 19.0. The molecule has 9 rings (SSSR count). The molecule has 1 aromatic rings. The van der Waals surface area contributed by atoms with E-state index >= 15 is 0 Å². The number of benzene rings is 1. The van der Waals surface area contributed by atoms with Crippen molar-refractivity contribution in [3.63, 3.8) is 0 Å². The molecule has 276 valence electrons. The molecule has 0 aromatic heterocycles. The summed E-state index contributed by atoms with van der Waals surface area (Å²) in [7, 11) is 0. The standard InChI is InChI=1S/C44H66N2O4/c1-29(2)45-41(49)46(27-43-24-32-19-33(25-43)21-34(20-32)26-43)28-44(50)18-16-39-37-15-13-31(23-38(37)40(48)35-10-6-5-7-11-35)22-36(47)14-12-30(3)9-8-17-42(39,44)4/h9,13,15,23,29,32-36,39,47,50H,5-8,10-12,14,16-22,24-28H2,1-4H3,(H,45,49)/t32?,33?,34?,36-,39-,42-,43?,44+/m0/s1. The predicted octanol–water partition coefficient (Wildman–Crippen LogP) is 9.12. The molecule has 2 amide bonds. The van der Waals surface area contributed by atoms with Gasteiger partial charge in [0.25, 0.3) is 0 Å². The van der Waals surface area contributed by atoms with Gasteiger partial charge in [-0.25, -0.2) is 4.79 Å². The number of nitrogens with zero attached hydrogens (tertiary/aromatic N) is 1. The van der Waals surface area contributed by atoms with E-state index < -0.39 is 17.1 Å². The molecule has 6 heteroatoms. The van der Waals surface area contributed by atoms with E-state index in [1.54, 1.807) is 0 Å². The SMILES string of the molecule is CC1=CCC[C@@]2(C)[C@@H](CC[C@@]2(O)CN(CC23CC4CC(CC(C4)C2)C3)C(=O)NC(C)C)c2ccc(cc2C(=O)C2CCCCC2)C[C@@H](O)CC1. The Labute approximate surface area is 302 Å². The van der Waals surface area contributed by atoms with Crippen molar-refractivity contribution in [2.24, 2.45) is 34.5 Å². The third-order valence-electron chi connectivity index (χ3n) is 14.8. The van der Waals surface area contributed by atoms with E-state index in [0.717, 1.165) is 92.4 Å². The monoisotopic (exact) mass is 687 g/mol. The second kappa shape index (κ2) is 14.3. The molecule has 0 saturated heterocycles. The van der Waals surface area contributed by atoms with Gasteiger partial charge in [0, 0.05) is 29.5 Å². The van der Waals surface area contributed by atoms with E-state index in [1.807, 2.05) is 18.7 Å². The summed E-state index contributed by atoms with van der Waals surface area (Å²) in [5.74, 6) is 2.70. The van der Waals surface area contributed by atoms with Gasteiger partial charge in [0.1, 0.15) is 0 Å². The van der Waals surface area contributed by atoms with Crippen LogP contribution >= 0.6 is 0 Å². The van der Waals surface area contributed by atoms with Crippen LogP contribution in [0.5, 0.6) is 0 Å². The lowest BCUT2D eigenvalue weighted by atomic mass is 9.49. The Morgan fingerprint density at radius 1 is 0.940 bits per heavy atom. The number of hydrogen-bond acceptors (Lipinski definition) is 4. The lowest BCUT2D eigenvalue weighted by molar-refractivity contribution is -0.0985. The van der Waals surface area contributed by atoms with Crippen LogP contribution in [0.2, 0.25) is 0 Å². The Hall–Kier alpha value is -2.18. The third-order valence-corrected chi connectivity index (χ3v) is 14.8. The van der Waals surface area contributed by atoms with Gasteiger partial charge in [-0.3, -0.25) is 4.79 Å². The molecule has 50 heavy (non-hydrogen) atoms. The first-order valence-electron chi connectivity index (χ1n) is 20.6. The largest absolute Gasteiger partial charge is 0.393 e. The van der Waals surface area contributed by atoms with Crippen LogP contribution in [0.25, 0.3) is 0 Å². The fraction of sp³-hybridized carbons (Fsp3) is 0.773. The van der Waals surface area contributed by atoms with Crippen LogP contribution < -0.4 is 5.32 Å². The van der Waals surface area contributed by atoms with E-state index in [-0.39, 0.29) is 35.1 Å². The maximum atomic E-state index is 14.5. The first-order valence-corrected chi connectivity index (χ1v) is 20.6. The van der Waals surface area contributed by atoms with Crippen molar-refractivity contribution >= 4 is 11.8 Å². The molecule has 4 atom stereocenters. The van der Waals surface area contributed by atoms with Crippen LogP contribution in [0.1, 0.15) is 164 Å². The summed E-state index contributed by atoms with van der Waals surface area (Å²) in [5, 5.41) is 27.4. The van der Waals surface area contributed by atoms with E-state index in [4.69, 9.17) is 0 Å². The molecule has 6 fully saturated rings. The normalized spacial score (nSPS) is 37.3. The molecule has 3 N–H and O–H groups in total. The highest BCUT2D eigenvalue weighted by molar-refractivity contribution is 5.99. The average Bonchev–Trinajstić information content (AvgIpc) is 3.31. The highest BCUT2D eigenvalue weighted by atomic mass is 16.3. The molecule has 6 saturated carbocycles. The molecule has 8 aliphatic rings. The molecule has 0 unspecified atom stereocenters. The Balaban J connectivity index is 1.25. The summed E-state index contributed by atoms with van der Waals surface area (Å²) in [6.45, 7) is 9.57. The van der Waals surface area contributed by atoms with Crippen LogP contribution in [0, 0.1) is 34.5 Å². The van der Waals surface area contributed by atoms with Crippen molar-refractivity contribution < 1.29 is 19.8 Å². The summed E-state index contributed by atoms with van der Waals surface area (Å²) < 4.78 is 0. The second-order valence-electron chi connectivity index (χ2n) is 19.0. The van der Waals surface area contributed by atoms with Gasteiger partial charge in [0.05, 0.1) is 18.2 Å². The van der Waals surface area contributed by atoms with E-state index in [2.05, 4.69) is 43.4 Å². The van der Waals surface area contributed by atoms with Gasteiger partial charge in [0.2, 0.25) is 0 Å². The number of urea groups is 1. The molecule has 0 spiro atoms. The van der Waals surface area contributed by atoms with Crippen molar-refractivity contribution in [3.05, 3.63) is 46.5 Å². The highest BCUT2D eigenvalue weighted by Crippen LogP contribution is 2.62. The van der Waals surface area contributed by atoms with Gasteiger partial charge in [-0.1, -0.05) is 50.0 Å². The van der Waals surface area contributed by atoms with Gasteiger partial charge >= 0.3 is 6.03 Å². The fourth-order valence-corrected chi connectivity index (χ4v) is 12.5. The maximum Gasteiger partial charge on any atom is 0.317 e. The van der Waals surface area contributed by atoms with Crippen LogP contribution in [-0.4, -0.2) is 57.8 Å². The minimum absolute atomic E-state index is 0.000204. The molecule has 1 aromatic carbocycles. The molecular formula is C44H66N2O4. The Kier molecular flexibility index (Phi) is 10.4. The molecule has 0 heterocycles. The van der Waals surface area contributed by atoms with E-state index in [1.165, 1.54) is 50.5 Å². The van der Waals surface area contributed by atoms with E-state index in [0.29, 0.717) is 25.8 Å². The number of amides is 2. The molecular weight excluding hydrogens is 620 g/mol. The number of carbonyl (C=O) groups excluding carboxylic acids is 2. The minimum atomic E-state index is -1.09. The number of aliphatic hydroxyl groups is 2. The number of Topliss-reactive ketones (excluding diaryl/α,β-unsaturated/α-hetero) is 1. The number of nitrogens with one attached hydrogen (secondary N) is 1. The van der Waals surface area contributed by atoms with Crippen LogP contribution in [0.4, 0.5) is 4.79 Å². The topological polar surface area (TPSA) is 89.9 Å². The lowest BCUT2D eigenvalue weighted by Crippen LogP contribution is -2.59. The molecule has 6 nitrogen and oxygen atoms in total. The average molecular weight is 687 g/mol. The zero-order valence-corrected chi connectivity index (χ0v) is 31.7. The lowest BCUT2D eigenvalue weighted by Gasteiger charge is -2.58. The summed E-state index contributed by atoms with van der Waals surface area (Å²) in [4.78, 5) is 30.7. The number of allylic oxidation sites excluding steroid dienone is 2. The van der Waals surface area contributed by atoms with Crippen molar-refractivity contribution in [2.75, 3.05) is 13.1 Å².